The Hall–Kier alpha value is -0.130. The van der Waals surface area contributed by atoms with Gasteiger partial charge in [0.1, 0.15) is 9.84 Å². The summed E-state index contributed by atoms with van der Waals surface area (Å²) in [6, 6.07) is 0. The van der Waals surface area contributed by atoms with E-state index in [1.807, 2.05) is 0 Å². The minimum absolute atomic E-state index is 0.0514. The van der Waals surface area contributed by atoms with Gasteiger partial charge >= 0.3 is 0 Å². The second-order valence-corrected chi connectivity index (χ2v) is 4.89. The Morgan fingerprint density at radius 1 is 1.55 bits per heavy atom. The standard InChI is InChI=1S/C6H15NO3S/c1-7-5-6(8)3-4-11(2,9)10/h6-8H,3-5H2,1-2H3. The molecule has 0 aromatic rings. The first-order valence-electron chi connectivity index (χ1n) is 3.46. The zero-order valence-electron chi connectivity index (χ0n) is 6.87. The molecule has 2 N–H and O–H groups in total. The van der Waals surface area contributed by atoms with E-state index in [0.717, 1.165) is 0 Å². The number of aliphatic hydroxyl groups is 1. The van der Waals surface area contributed by atoms with E-state index < -0.39 is 15.9 Å². The Bertz CT molecular complexity index is 188. The lowest BCUT2D eigenvalue weighted by Gasteiger charge is -2.07. The Balaban J connectivity index is 3.54. The Kier molecular flexibility index (Phi) is 4.63. The van der Waals surface area contributed by atoms with Crippen molar-refractivity contribution in [1.29, 1.82) is 0 Å². The first kappa shape index (κ1) is 10.9. The van der Waals surface area contributed by atoms with Crippen molar-refractivity contribution in [2.45, 2.75) is 12.5 Å². The number of sulfone groups is 1. The first-order chi connectivity index (χ1) is 4.95. The highest BCUT2D eigenvalue weighted by Gasteiger charge is 2.07. The van der Waals surface area contributed by atoms with Crippen LogP contribution >= 0.6 is 0 Å². The van der Waals surface area contributed by atoms with Gasteiger partial charge in [-0.3, -0.25) is 0 Å². The molecule has 0 radical (unpaired) electrons. The average Bonchev–Trinajstić information content (AvgIpc) is 1.83. The molecule has 1 unspecified atom stereocenters. The van der Waals surface area contributed by atoms with Crippen molar-refractivity contribution in [2.24, 2.45) is 0 Å². The summed E-state index contributed by atoms with van der Waals surface area (Å²) in [6.07, 6.45) is 0.911. The zero-order chi connectivity index (χ0) is 8.91. The largest absolute Gasteiger partial charge is 0.392 e. The number of nitrogens with one attached hydrogen (secondary N) is 1. The quantitative estimate of drug-likeness (QED) is 0.571. The summed E-state index contributed by atoms with van der Waals surface area (Å²) in [4.78, 5) is 0. The summed E-state index contributed by atoms with van der Waals surface area (Å²) < 4.78 is 21.2. The monoisotopic (exact) mass is 181 g/mol. The van der Waals surface area contributed by atoms with Gasteiger partial charge in [0.25, 0.3) is 0 Å². The summed E-state index contributed by atoms with van der Waals surface area (Å²) in [5, 5.41) is 11.8. The van der Waals surface area contributed by atoms with Gasteiger partial charge in [-0.25, -0.2) is 8.42 Å². The summed E-state index contributed by atoms with van der Waals surface area (Å²) in [6.45, 7) is 0.440. The smallest absolute Gasteiger partial charge is 0.147 e. The predicted molar refractivity (Wildman–Crippen MR) is 44.3 cm³/mol. The Morgan fingerprint density at radius 3 is 2.45 bits per heavy atom. The van der Waals surface area contributed by atoms with Crippen LogP contribution in [0.1, 0.15) is 6.42 Å². The van der Waals surface area contributed by atoms with E-state index >= 15 is 0 Å². The average molecular weight is 181 g/mol. The van der Waals surface area contributed by atoms with Crippen LogP contribution in [-0.2, 0) is 9.84 Å². The van der Waals surface area contributed by atoms with Crippen molar-refractivity contribution in [1.82, 2.24) is 5.32 Å². The van der Waals surface area contributed by atoms with E-state index in [1.54, 1.807) is 7.05 Å². The van der Waals surface area contributed by atoms with Gasteiger partial charge in [-0.1, -0.05) is 0 Å². The third kappa shape index (κ3) is 7.77. The topological polar surface area (TPSA) is 66.4 Å². The lowest BCUT2D eigenvalue weighted by Crippen LogP contribution is -2.25. The molecule has 0 saturated carbocycles. The van der Waals surface area contributed by atoms with E-state index in [1.165, 1.54) is 6.26 Å². The fourth-order valence-corrected chi connectivity index (χ4v) is 1.39. The van der Waals surface area contributed by atoms with Gasteiger partial charge < -0.3 is 10.4 Å². The van der Waals surface area contributed by atoms with E-state index in [2.05, 4.69) is 5.32 Å². The Labute approximate surface area is 67.5 Å². The molecule has 4 nitrogen and oxygen atoms in total. The van der Waals surface area contributed by atoms with Crippen LogP contribution in [0.4, 0.5) is 0 Å². The molecular weight excluding hydrogens is 166 g/mol. The fourth-order valence-electron chi connectivity index (χ4n) is 0.688. The van der Waals surface area contributed by atoms with Crippen LogP contribution in [0.3, 0.4) is 0 Å². The number of likely N-dealkylation sites (N-methyl/N-ethyl adjacent to an activating group) is 1. The molecule has 0 bridgehead atoms. The summed E-state index contributed by atoms with van der Waals surface area (Å²) in [5.41, 5.74) is 0. The molecule has 0 aliphatic heterocycles. The van der Waals surface area contributed by atoms with Crippen molar-refractivity contribution in [3.05, 3.63) is 0 Å². The maximum Gasteiger partial charge on any atom is 0.147 e. The molecule has 0 aromatic carbocycles. The van der Waals surface area contributed by atoms with Gasteiger partial charge in [-0.15, -0.1) is 0 Å². The lowest BCUT2D eigenvalue weighted by atomic mass is 10.3. The van der Waals surface area contributed by atoms with Crippen molar-refractivity contribution in [2.75, 3.05) is 25.6 Å². The molecule has 0 saturated heterocycles. The van der Waals surface area contributed by atoms with Gasteiger partial charge in [-0.05, 0) is 13.5 Å². The molecule has 5 heteroatoms. The molecule has 0 aliphatic carbocycles. The molecule has 0 spiro atoms. The highest BCUT2D eigenvalue weighted by atomic mass is 32.2. The van der Waals surface area contributed by atoms with Crippen molar-refractivity contribution in [3.8, 4) is 0 Å². The zero-order valence-corrected chi connectivity index (χ0v) is 7.69. The molecule has 68 valence electrons. The molecule has 0 heterocycles. The molecule has 0 rings (SSSR count). The van der Waals surface area contributed by atoms with Crippen LogP contribution in [-0.4, -0.2) is 45.2 Å². The van der Waals surface area contributed by atoms with Crippen molar-refractivity contribution >= 4 is 9.84 Å². The fraction of sp³-hybridized carbons (Fsp3) is 1.00. The molecule has 0 aliphatic rings. The highest BCUT2D eigenvalue weighted by molar-refractivity contribution is 7.90. The number of hydrogen-bond donors (Lipinski definition) is 2. The first-order valence-corrected chi connectivity index (χ1v) is 5.52. The Morgan fingerprint density at radius 2 is 2.09 bits per heavy atom. The van der Waals surface area contributed by atoms with Gasteiger partial charge in [0, 0.05) is 12.8 Å². The minimum atomic E-state index is -2.93. The number of aliphatic hydroxyl groups excluding tert-OH is 1. The molecular formula is C6H15NO3S. The maximum atomic E-state index is 10.6. The second kappa shape index (κ2) is 4.69. The normalized spacial score (nSPS) is 14.8. The van der Waals surface area contributed by atoms with Crippen LogP contribution in [0.15, 0.2) is 0 Å². The SMILES string of the molecule is CNCC(O)CCS(C)(=O)=O. The van der Waals surface area contributed by atoms with Crippen LogP contribution in [0.2, 0.25) is 0 Å². The van der Waals surface area contributed by atoms with E-state index in [9.17, 15) is 8.42 Å². The van der Waals surface area contributed by atoms with E-state index in [-0.39, 0.29) is 5.75 Å². The molecule has 0 aromatic heterocycles. The summed E-state index contributed by atoms with van der Waals surface area (Å²) in [5.74, 6) is 0.0514. The second-order valence-electron chi connectivity index (χ2n) is 2.63. The van der Waals surface area contributed by atoms with Crippen molar-refractivity contribution in [3.63, 3.8) is 0 Å². The number of hydrogen-bond acceptors (Lipinski definition) is 4. The molecule has 1 atom stereocenters. The predicted octanol–water partition coefficient (Wildman–Crippen LogP) is -0.999. The van der Waals surface area contributed by atoms with Crippen LogP contribution < -0.4 is 5.32 Å². The van der Waals surface area contributed by atoms with Gasteiger partial charge in [0.05, 0.1) is 11.9 Å². The van der Waals surface area contributed by atoms with Crippen molar-refractivity contribution < 1.29 is 13.5 Å². The molecule has 0 fully saturated rings. The maximum absolute atomic E-state index is 10.6. The number of rotatable bonds is 5. The van der Waals surface area contributed by atoms with Gasteiger partial charge in [0.2, 0.25) is 0 Å². The minimum Gasteiger partial charge on any atom is -0.392 e. The molecule has 0 amide bonds. The van der Waals surface area contributed by atoms with E-state index in [0.29, 0.717) is 13.0 Å². The summed E-state index contributed by atoms with van der Waals surface area (Å²) >= 11 is 0. The lowest BCUT2D eigenvalue weighted by molar-refractivity contribution is 0.171. The third-order valence-electron chi connectivity index (χ3n) is 1.26. The third-order valence-corrected chi connectivity index (χ3v) is 2.24. The van der Waals surface area contributed by atoms with Gasteiger partial charge in [0.15, 0.2) is 0 Å². The van der Waals surface area contributed by atoms with E-state index in [4.69, 9.17) is 5.11 Å². The van der Waals surface area contributed by atoms with Crippen LogP contribution in [0, 0.1) is 0 Å². The van der Waals surface area contributed by atoms with Crippen LogP contribution in [0.25, 0.3) is 0 Å². The summed E-state index contributed by atoms with van der Waals surface area (Å²) in [7, 11) is -1.21. The van der Waals surface area contributed by atoms with Crippen LogP contribution in [0.5, 0.6) is 0 Å². The highest BCUT2D eigenvalue weighted by Crippen LogP contribution is 1.94. The molecule has 11 heavy (non-hydrogen) atoms. The van der Waals surface area contributed by atoms with Gasteiger partial charge in [-0.2, -0.15) is 0 Å².